The molecule has 0 saturated carbocycles. The van der Waals surface area contributed by atoms with Crippen LogP contribution in [0.4, 0.5) is 30.8 Å². The molecular weight excluding hydrogens is 676 g/mol. The Kier molecular flexibility index (Phi) is 11.1. The fraction of sp³-hybridized carbons (Fsp3) is 0.471. The van der Waals surface area contributed by atoms with Gasteiger partial charge in [0.05, 0.1) is 24.0 Å². The lowest BCUT2D eigenvalue weighted by molar-refractivity contribution is -0.151. The van der Waals surface area contributed by atoms with E-state index in [0.29, 0.717) is 17.3 Å². The van der Waals surface area contributed by atoms with E-state index in [-0.39, 0.29) is 29.5 Å². The first kappa shape index (κ1) is 38.0. The van der Waals surface area contributed by atoms with Gasteiger partial charge in [-0.25, -0.2) is 23.5 Å². The van der Waals surface area contributed by atoms with E-state index in [1.807, 2.05) is 0 Å². The molecule has 2 heterocycles. The Labute approximate surface area is 294 Å². The Bertz CT molecular complexity index is 1810. The average Bonchev–Trinajstić information content (AvgIpc) is 3.00. The molecule has 0 aliphatic carbocycles. The Balaban J connectivity index is 1.53. The predicted octanol–water partition coefficient (Wildman–Crippen LogP) is 5.64. The van der Waals surface area contributed by atoms with Gasteiger partial charge in [-0.15, -0.1) is 0 Å². The van der Waals surface area contributed by atoms with Crippen LogP contribution >= 0.6 is 11.6 Å². The fourth-order valence-electron chi connectivity index (χ4n) is 5.09. The number of hydrogen-bond acceptors (Lipinski definition) is 9. The van der Waals surface area contributed by atoms with E-state index >= 15 is 0 Å². The number of halogens is 3. The molecule has 1 fully saturated rings. The highest BCUT2D eigenvalue weighted by molar-refractivity contribution is 6.31. The number of carbonyl (C=O) groups is 4. The second-order valence-electron chi connectivity index (χ2n) is 14.0. The fourth-order valence-corrected chi connectivity index (χ4v) is 5.25. The molecule has 4 amide bonds. The third kappa shape index (κ3) is 8.32. The summed E-state index contributed by atoms with van der Waals surface area (Å²) in [6.45, 7) is 12.3. The summed E-state index contributed by atoms with van der Waals surface area (Å²) in [7, 11) is 2.84. The standard InChI is InChI=1S/C34H42ClF2N7O6/c1-17(43(8)32(48)50-34(5,6)7)29(45)42-27(33(2,3)4)31(47)44-13-12-23(44)30(46)41-22-14-18-21(15-24(22)49-9)38-16-39-28(18)40-20-11-10-19(36)25(35)26(20)37/h10-11,14-17,23,27H,12-13H2,1-9H3,(H,41,46)(H,42,45)(H,38,39,40)/t17-,23-,27+/m0/s1. The van der Waals surface area contributed by atoms with Crippen molar-refractivity contribution < 1.29 is 37.4 Å². The number of amides is 4. The van der Waals surface area contributed by atoms with E-state index < -0.39 is 69.6 Å². The molecule has 1 aliphatic rings. The molecule has 16 heteroatoms. The number of carbonyl (C=O) groups excluding carboxylic acids is 4. The van der Waals surface area contributed by atoms with Crippen molar-refractivity contribution in [2.75, 3.05) is 31.3 Å². The van der Waals surface area contributed by atoms with Crippen LogP contribution in [0, 0.1) is 17.0 Å². The van der Waals surface area contributed by atoms with Crippen LogP contribution in [0.2, 0.25) is 5.02 Å². The van der Waals surface area contributed by atoms with Crippen LogP contribution in [-0.2, 0) is 19.1 Å². The highest BCUT2D eigenvalue weighted by atomic mass is 35.5. The second kappa shape index (κ2) is 14.6. The maximum atomic E-state index is 14.7. The summed E-state index contributed by atoms with van der Waals surface area (Å²) in [5, 5.41) is 8.07. The normalized spacial score (nSPS) is 15.8. The number of ether oxygens (including phenoxy) is 2. The van der Waals surface area contributed by atoms with Gasteiger partial charge < -0.3 is 30.3 Å². The summed E-state index contributed by atoms with van der Waals surface area (Å²) in [6, 6.07) is 2.41. The SMILES string of the molecule is COc1cc2ncnc(Nc3ccc(F)c(Cl)c3F)c2cc1NC(=O)[C@@H]1CCN1C(=O)[C@@H](NC(=O)[C@H](C)N(C)C(=O)OC(C)(C)C)C(C)(C)C. The lowest BCUT2D eigenvalue weighted by Gasteiger charge is -2.44. The molecule has 1 saturated heterocycles. The number of hydrogen-bond donors (Lipinski definition) is 3. The van der Waals surface area contributed by atoms with Crippen LogP contribution < -0.4 is 20.7 Å². The third-order valence-electron chi connectivity index (χ3n) is 8.15. The van der Waals surface area contributed by atoms with Crippen molar-refractivity contribution in [2.45, 2.75) is 78.6 Å². The van der Waals surface area contributed by atoms with E-state index in [2.05, 4.69) is 25.9 Å². The molecular formula is C34H42ClF2N7O6. The molecule has 0 bridgehead atoms. The maximum absolute atomic E-state index is 14.7. The molecule has 50 heavy (non-hydrogen) atoms. The topological polar surface area (TPSA) is 155 Å². The van der Waals surface area contributed by atoms with Gasteiger partial charge in [-0.3, -0.25) is 19.3 Å². The minimum atomic E-state index is -1.03. The van der Waals surface area contributed by atoms with Gasteiger partial charge in [0.2, 0.25) is 17.7 Å². The van der Waals surface area contributed by atoms with Gasteiger partial charge in [0, 0.05) is 25.0 Å². The van der Waals surface area contributed by atoms with Crippen LogP contribution in [0.3, 0.4) is 0 Å². The number of nitrogens with one attached hydrogen (secondary N) is 3. The van der Waals surface area contributed by atoms with E-state index in [1.165, 1.54) is 44.4 Å². The molecule has 3 aromatic rings. The number of nitrogens with zero attached hydrogens (tertiary/aromatic N) is 4. The van der Waals surface area contributed by atoms with Crippen LogP contribution in [-0.4, -0.2) is 88.0 Å². The quantitative estimate of drug-likeness (QED) is 0.239. The first-order chi connectivity index (χ1) is 23.2. The zero-order valence-electron chi connectivity index (χ0n) is 29.4. The lowest BCUT2D eigenvalue weighted by atomic mass is 9.84. The molecule has 0 unspecified atom stereocenters. The zero-order valence-corrected chi connectivity index (χ0v) is 30.2. The van der Waals surface area contributed by atoms with Gasteiger partial charge in [-0.2, -0.15) is 0 Å². The largest absolute Gasteiger partial charge is 0.494 e. The number of likely N-dealkylation sites (tertiary alicyclic amines) is 1. The van der Waals surface area contributed by atoms with Gasteiger partial charge in [0.15, 0.2) is 5.82 Å². The van der Waals surface area contributed by atoms with Crippen molar-refractivity contribution in [2.24, 2.45) is 5.41 Å². The molecule has 1 aromatic heterocycles. The van der Waals surface area contributed by atoms with Gasteiger partial charge in [-0.05, 0) is 57.7 Å². The minimum Gasteiger partial charge on any atom is -0.494 e. The second-order valence-corrected chi connectivity index (χ2v) is 14.4. The number of likely N-dealkylation sites (N-methyl/N-ethyl adjacent to an activating group) is 1. The Morgan fingerprint density at radius 3 is 2.32 bits per heavy atom. The van der Waals surface area contributed by atoms with Crippen molar-refractivity contribution in [1.29, 1.82) is 0 Å². The summed E-state index contributed by atoms with van der Waals surface area (Å²) in [6.07, 6.45) is 0.907. The summed E-state index contributed by atoms with van der Waals surface area (Å²) in [4.78, 5) is 64.3. The molecule has 0 spiro atoms. The molecule has 270 valence electrons. The van der Waals surface area contributed by atoms with Crippen molar-refractivity contribution in [3.63, 3.8) is 0 Å². The smallest absolute Gasteiger partial charge is 0.410 e. The number of benzene rings is 2. The minimum absolute atomic E-state index is 0.132. The first-order valence-corrected chi connectivity index (χ1v) is 16.2. The van der Waals surface area contributed by atoms with Gasteiger partial charge >= 0.3 is 6.09 Å². The van der Waals surface area contributed by atoms with E-state index in [9.17, 15) is 28.0 Å². The number of methoxy groups -OCH3 is 1. The van der Waals surface area contributed by atoms with Crippen molar-refractivity contribution in [3.8, 4) is 5.75 Å². The molecule has 3 atom stereocenters. The van der Waals surface area contributed by atoms with Crippen molar-refractivity contribution in [3.05, 3.63) is 47.2 Å². The Hall–Kier alpha value is -4.79. The van der Waals surface area contributed by atoms with Crippen LogP contribution in [0.15, 0.2) is 30.6 Å². The van der Waals surface area contributed by atoms with E-state index in [0.717, 1.165) is 11.0 Å². The van der Waals surface area contributed by atoms with Crippen LogP contribution in [0.1, 0.15) is 54.9 Å². The zero-order chi connectivity index (χ0) is 37.3. The van der Waals surface area contributed by atoms with E-state index in [1.54, 1.807) is 47.6 Å². The first-order valence-electron chi connectivity index (χ1n) is 15.8. The number of fused-ring (bicyclic) bond motifs is 1. The van der Waals surface area contributed by atoms with Crippen molar-refractivity contribution in [1.82, 2.24) is 25.1 Å². The molecule has 13 nitrogen and oxygen atoms in total. The molecule has 2 aromatic carbocycles. The molecule has 0 radical (unpaired) electrons. The van der Waals surface area contributed by atoms with Crippen LogP contribution in [0.5, 0.6) is 5.75 Å². The average molecular weight is 718 g/mol. The maximum Gasteiger partial charge on any atom is 0.410 e. The van der Waals surface area contributed by atoms with Crippen LogP contribution in [0.25, 0.3) is 10.9 Å². The predicted molar refractivity (Wildman–Crippen MR) is 184 cm³/mol. The van der Waals surface area contributed by atoms with Gasteiger partial charge in [-0.1, -0.05) is 32.4 Å². The number of aromatic nitrogens is 2. The third-order valence-corrected chi connectivity index (χ3v) is 8.50. The number of anilines is 3. The Morgan fingerprint density at radius 2 is 1.74 bits per heavy atom. The number of rotatable bonds is 9. The molecule has 4 rings (SSSR count). The van der Waals surface area contributed by atoms with Crippen molar-refractivity contribution >= 4 is 63.5 Å². The van der Waals surface area contributed by atoms with E-state index in [4.69, 9.17) is 21.1 Å². The Morgan fingerprint density at radius 1 is 1.06 bits per heavy atom. The highest BCUT2D eigenvalue weighted by Crippen LogP contribution is 2.35. The summed E-state index contributed by atoms with van der Waals surface area (Å²) in [5.74, 6) is -3.07. The lowest BCUT2D eigenvalue weighted by Crippen LogP contribution is -2.65. The molecule has 1 aliphatic heterocycles. The summed E-state index contributed by atoms with van der Waals surface area (Å²) in [5.41, 5.74) is -1.04. The monoisotopic (exact) mass is 717 g/mol. The highest BCUT2D eigenvalue weighted by Gasteiger charge is 2.45. The van der Waals surface area contributed by atoms with Gasteiger partial charge in [0.25, 0.3) is 0 Å². The molecule has 3 N–H and O–H groups in total. The van der Waals surface area contributed by atoms with Gasteiger partial charge in [0.1, 0.15) is 52.5 Å². The summed E-state index contributed by atoms with van der Waals surface area (Å²) < 4.78 is 39.3. The summed E-state index contributed by atoms with van der Waals surface area (Å²) >= 11 is 5.74.